The second-order valence-corrected chi connectivity index (χ2v) is 6.57. The molecule has 2 N–H and O–H groups in total. The van der Waals surface area contributed by atoms with E-state index >= 15 is 0 Å². The predicted octanol–water partition coefficient (Wildman–Crippen LogP) is 2.06. The van der Waals surface area contributed by atoms with Gasteiger partial charge in [-0.15, -0.1) is 0 Å². The molecule has 0 radical (unpaired) electrons. The van der Waals surface area contributed by atoms with Gasteiger partial charge in [-0.1, -0.05) is 18.2 Å². The first-order valence-corrected chi connectivity index (χ1v) is 9.11. The van der Waals surface area contributed by atoms with Crippen LogP contribution in [0.15, 0.2) is 47.7 Å². The van der Waals surface area contributed by atoms with Crippen LogP contribution in [-0.4, -0.2) is 36.6 Å². The third-order valence-corrected chi connectivity index (χ3v) is 4.62. The fourth-order valence-corrected chi connectivity index (χ4v) is 3.25. The van der Waals surface area contributed by atoms with Crippen LogP contribution in [0, 0.1) is 0 Å². The van der Waals surface area contributed by atoms with Gasteiger partial charge in [0.1, 0.15) is 0 Å². The highest BCUT2D eigenvalue weighted by Crippen LogP contribution is 2.27. The number of anilines is 1. The number of nitrogens with one attached hydrogen (secondary N) is 2. The van der Waals surface area contributed by atoms with Gasteiger partial charge in [0.25, 0.3) is 0 Å². The molecule has 6 heteroatoms. The Labute approximate surface area is 154 Å². The number of carbonyl (C=O) groups excluding carboxylic acids is 1. The number of aryl methyl sites for hydroxylation is 1. The maximum Gasteiger partial charge on any atom is 0.227 e. The lowest BCUT2D eigenvalue weighted by atomic mass is 10.2. The Morgan fingerprint density at radius 1 is 1.23 bits per heavy atom. The topological polar surface area (TPSA) is 61.7 Å². The molecule has 1 aromatic carbocycles. The number of benzene rings is 1. The SMILES string of the molecule is CN=C(NCCCC(=O)N1CCc2ccccc21)NCc1ccn(C)c1. The molecule has 26 heavy (non-hydrogen) atoms. The first-order chi connectivity index (χ1) is 12.7. The lowest BCUT2D eigenvalue weighted by Crippen LogP contribution is -2.37. The molecule has 2 heterocycles. The van der Waals surface area contributed by atoms with Crippen molar-refractivity contribution in [3.63, 3.8) is 0 Å². The van der Waals surface area contributed by atoms with Crippen LogP contribution in [0.4, 0.5) is 5.69 Å². The van der Waals surface area contributed by atoms with E-state index in [0.29, 0.717) is 6.42 Å². The Bertz CT molecular complexity index is 780. The molecule has 0 bridgehead atoms. The molecule has 0 atom stereocenters. The summed E-state index contributed by atoms with van der Waals surface area (Å²) in [6, 6.07) is 10.2. The summed E-state index contributed by atoms with van der Waals surface area (Å²) in [6.07, 6.45) is 6.37. The van der Waals surface area contributed by atoms with Crippen LogP contribution in [0.3, 0.4) is 0 Å². The number of guanidine groups is 1. The van der Waals surface area contributed by atoms with E-state index in [1.807, 2.05) is 40.9 Å². The van der Waals surface area contributed by atoms with Gasteiger partial charge in [-0.05, 0) is 36.1 Å². The average molecular weight is 353 g/mol. The second-order valence-electron chi connectivity index (χ2n) is 6.57. The highest BCUT2D eigenvalue weighted by Gasteiger charge is 2.23. The van der Waals surface area contributed by atoms with Crippen LogP contribution in [0.2, 0.25) is 0 Å². The number of rotatable bonds is 6. The van der Waals surface area contributed by atoms with Crippen molar-refractivity contribution in [2.75, 3.05) is 25.0 Å². The standard InChI is InChI=1S/C20H27N5O/c1-21-20(23-14-16-9-12-24(2)15-16)22-11-5-8-19(26)25-13-10-17-6-3-4-7-18(17)25/h3-4,6-7,9,12,15H,5,8,10-11,13-14H2,1-2H3,(H2,21,22,23). The molecular weight excluding hydrogens is 326 g/mol. The molecule has 0 spiro atoms. The zero-order valence-electron chi connectivity index (χ0n) is 15.5. The normalized spacial score (nSPS) is 13.6. The van der Waals surface area contributed by atoms with Gasteiger partial charge in [-0.2, -0.15) is 0 Å². The van der Waals surface area contributed by atoms with Crippen molar-refractivity contribution in [1.29, 1.82) is 0 Å². The second kappa shape index (κ2) is 8.56. The van der Waals surface area contributed by atoms with Crippen molar-refractivity contribution < 1.29 is 4.79 Å². The number of aliphatic imine (C=N–C) groups is 1. The van der Waals surface area contributed by atoms with E-state index in [4.69, 9.17) is 0 Å². The zero-order valence-corrected chi connectivity index (χ0v) is 15.5. The Hall–Kier alpha value is -2.76. The monoisotopic (exact) mass is 353 g/mol. The summed E-state index contributed by atoms with van der Waals surface area (Å²) in [5, 5.41) is 6.56. The highest BCUT2D eigenvalue weighted by molar-refractivity contribution is 5.95. The first kappa shape index (κ1) is 18.0. The first-order valence-electron chi connectivity index (χ1n) is 9.11. The molecular formula is C20H27N5O. The molecule has 1 aliphatic heterocycles. The number of nitrogens with zero attached hydrogens (tertiary/aromatic N) is 3. The third-order valence-electron chi connectivity index (χ3n) is 4.62. The van der Waals surface area contributed by atoms with Gasteiger partial charge >= 0.3 is 0 Å². The van der Waals surface area contributed by atoms with Crippen molar-refractivity contribution in [3.8, 4) is 0 Å². The summed E-state index contributed by atoms with van der Waals surface area (Å²) >= 11 is 0. The zero-order chi connectivity index (χ0) is 18.4. The van der Waals surface area contributed by atoms with E-state index in [9.17, 15) is 4.79 Å². The minimum Gasteiger partial charge on any atom is -0.357 e. The minimum atomic E-state index is 0.198. The molecule has 0 unspecified atom stereocenters. The summed E-state index contributed by atoms with van der Waals surface area (Å²) in [6.45, 7) is 2.24. The summed E-state index contributed by atoms with van der Waals surface area (Å²) in [7, 11) is 3.76. The van der Waals surface area contributed by atoms with E-state index < -0.39 is 0 Å². The number of fused-ring (bicyclic) bond motifs is 1. The summed E-state index contributed by atoms with van der Waals surface area (Å²) in [5.41, 5.74) is 3.55. The Balaban J connectivity index is 1.38. The Morgan fingerprint density at radius 3 is 2.85 bits per heavy atom. The molecule has 0 saturated carbocycles. The van der Waals surface area contributed by atoms with E-state index in [1.165, 1.54) is 11.1 Å². The molecule has 6 nitrogen and oxygen atoms in total. The van der Waals surface area contributed by atoms with Crippen LogP contribution in [0.1, 0.15) is 24.0 Å². The summed E-state index contributed by atoms with van der Waals surface area (Å²) < 4.78 is 2.02. The van der Waals surface area contributed by atoms with Gasteiger partial charge in [-0.25, -0.2) is 0 Å². The number of hydrogen-bond donors (Lipinski definition) is 2. The third kappa shape index (κ3) is 4.45. The largest absolute Gasteiger partial charge is 0.357 e. The van der Waals surface area contributed by atoms with Crippen molar-refractivity contribution in [2.45, 2.75) is 25.8 Å². The van der Waals surface area contributed by atoms with Crippen LogP contribution in [0.25, 0.3) is 0 Å². The molecule has 2 aromatic rings. The molecule has 0 saturated heterocycles. The fraction of sp³-hybridized carbons (Fsp3) is 0.400. The van der Waals surface area contributed by atoms with Crippen molar-refractivity contribution >= 4 is 17.6 Å². The van der Waals surface area contributed by atoms with Gasteiger partial charge < -0.3 is 20.1 Å². The Morgan fingerprint density at radius 2 is 2.08 bits per heavy atom. The van der Waals surface area contributed by atoms with Gasteiger partial charge in [0, 0.05) is 58.2 Å². The maximum absolute atomic E-state index is 12.5. The van der Waals surface area contributed by atoms with Gasteiger partial charge in [0.15, 0.2) is 5.96 Å². The number of aromatic nitrogens is 1. The highest BCUT2D eigenvalue weighted by atomic mass is 16.2. The predicted molar refractivity (Wildman–Crippen MR) is 105 cm³/mol. The summed E-state index contributed by atoms with van der Waals surface area (Å²) in [5.74, 6) is 0.955. The van der Waals surface area contributed by atoms with Crippen LogP contribution >= 0.6 is 0 Å². The summed E-state index contributed by atoms with van der Waals surface area (Å²) in [4.78, 5) is 18.6. The van der Waals surface area contributed by atoms with Crippen molar-refractivity contribution in [3.05, 3.63) is 53.9 Å². The molecule has 138 valence electrons. The van der Waals surface area contributed by atoms with Crippen LogP contribution in [0.5, 0.6) is 0 Å². The lowest BCUT2D eigenvalue weighted by Gasteiger charge is -2.17. The average Bonchev–Trinajstić information content (AvgIpc) is 3.27. The van der Waals surface area contributed by atoms with Gasteiger partial charge in [-0.3, -0.25) is 9.79 Å². The molecule has 0 aliphatic carbocycles. The van der Waals surface area contributed by atoms with E-state index in [-0.39, 0.29) is 5.91 Å². The van der Waals surface area contributed by atoms with E-state index in [0.717, 1.165) is 44.1 Å². The molecule has 1 amide bonds. The number of para-hydroxylation sites is 1. The van der Waals surface area contributed by atoms with Gasteiger partial charge in [0.05, 0.1) is 0 Å². The minimum absolute atomic E-state index is 0.198. The Kier molecular flexibility index (Phi) is 5.94. The van der Waals surface area contributed by atoms with Gasteiger partial charge in [0.2, 0.25) is 5.91 Å². The quantitative estimate of drug-likeness (QED) is 0.475. The van der Waals surface area contributed by atoms with Crippen molar-refractivity contribution in [2.24, 2.45) is 12.0 Å². The van der Waals surface area contributed by atoms with E-state index in [1.54, 1.807) is 7.05 Å². The molecule has 1 aliphatic rings. The van der Waals surface area contributed by atoms with Crippen molar-refractivity contribution in [1.82, 2.24) is 15.2 Å². The number of amides is 1. The molecule has 1 aromatic heterocycles. The van der Waals surface area contributed by atoms with Crippen LogP contribution in [-0.2, 0) is 24.8 Å². The number of hydrogen-bond acceptors (Lipinski definition) is 2. The number of carbonyl (C=O) groups is 1. The fourth-order valence-electron chi connectivity index (χ4n) is 3.25. The molecule has 0 fully saturated rings. The van der Waals surface area contributed by atoms with Crippen LogP contribution < -0.4 is 15.5 Å². The lowest BCUT2D eigenvalue weighted by molar-refractivity contribution is -0.118. The smallest absolute Gasteiger partial charge is 0.227 e. The molecule has 3 rings (SSSR count). The van der Waals surface area contributed by atoms with E-state index in [2.05, 4.69) is 34.0 Å². The maximum atomic E-state index is 12.5.